The lowest BCUT2D eigenvalue weighted by atomic mass is 10.2. The van der Waals surface area contributed by atoms with Crippen LogP contribution in [0.2, 0.25) is 0 Å². The van der Waals surface area contributed by atoms with Crippen molar-refractivity contribution >= 4 is 11.7 Å². The number of hydrogen-bond acceptors (Lipinski definition) is 3. The number of anilines is 1. The predicted molar refractivity (Wildman–Crippen MR) is 59.8 cm³/mol. The normalized spacial score (nSPS) is 11.9. The Morgan fingerprint density at radius 1 is 1.56 bits per heavy atom. The molecule has 3 N–H and O–H groups in total. The summed E-state index contributed by atoms with van der Waals surface area (Å²) in [6.45, 7) is 2.19. The highest BCUT2D eigenvalue weighted by Crippen LogP contribution is 2.19. The summed E-state index contributed by atoms with van der Waals surface area (Å²) in [5.74, 6) is -0.767. The molecule has 0 saturated heterocycles. The molecule has 8 heteroatoms. The molecule has 102 valence electrons. The van der Waals surface area contributed by atoms with E-state index in [-0.39, 0.29) is 24.0 Å². The topological polar surface area (TPSA) is 75.0 Å². The minimum absolute atomic E-state index is 0.0112. The summed E-state index contributed by atoms with van der Waals surface area (Å²) >= 11 is 0. The summed E-state index contributed by atoms with van der Waals surface area (Å²) in [7, 11) is 0. The molecule has 1 amide bonds. The van der Waals surface area contributed by atoms with E-state index in [9.17, 15) is 18.0 Å². The number of nitrogens with two attached hydrogens (primary N) is 1. The smallest absolute Gasteiger partial charge is 0.382 e. The number of nitrogen functional groups attached to an aromatic ring is 1. The largest absolute Gasteiger partial charge is 0.406 e. The van der Waals surface area contributed by atoms with Crippen molar-refractivity contribution in [3.8, 4) is 0 Å². The van der Waals surface area contributed by atoms with E-state index in [4.69, 9.17) is 5.73 Å². The van der Waals surface area contributed by atoms with Gasteiger partial charge < -0.3 is 10.6 Å². The number of alkyl halides is 3. The first-order valence-corrected chi connectivity index (χ1v) is 5.36. The van der Waals surface area contributed by atoms with Gasteiger partial charge in [-0.1, -0.05) is 13.8 Å². The van der Waals surface area contributed by atoms with Gasteiger partial charge >= 0.3 is 6.18 Å². The lowest BCUT2D eigenvalue weighted by molar-refractivity contribution is -0.141. The Morgan fingerprint density at radius 3 is 2.56 bits per heavy atom. The van der Waals surface area contributed by atoms with Crippen LogP contribution in [0.15, 0.2) is 6.07 Å². The summed E-state index contributed by atoms with van der Waals surface area (Å²) in [4.78, 5) is 12.6. The number of nitrogens with zero attached hydrogens (tertiary/aromatic N) is 2. The highest BCUT2D eigenvalue weighted by molar-refractivity contribution is 5.93. The standard InChI is InChI=1S/C10H15F3N4O/c1-6(2)4-17(5-10(11,12)13)9(18)7-3-8(14)16-15-7/h3,6H,4-5H2,1-2H3,(H3,14,15,16). The van der Waals surface area contributed by atoms with E-state index in [1.165, 1.54) is 6.07 Å². The highest BCUT2D eigenvalue weighted by Gasteiger charge is 2.34. The Hall–Kier alpha value is -1.73. The maximum absolute atomic E-state index is 12.4. The van der Waals surface area contributed by atoms with Crippen LogP contribution in [0, 0.1) is 5.92 Å². The molecule has 0 aromatic carbocycles. The third-order valence-electron chi connectivity index (χ3n) is 2.07. The van der Waals surface area contributed by atoms with Gasteiger partial charge in [0.25, 0.3) is 5.91 Å². The van der Waals surface area contributed by atoms with Gasteiger partial charge in [0.1, 0.15) is 18.1 Å². The molecule has 0 aliphatic rings. The van der Waals surface area contributed by atoms with Gasteiger partial charge in [-0.25, -0.2) is 0 Å². The van der Waals surface area contributed by atoms with E-state index >= 15 is 0 Å². The average molecular weight is 264 g/mol. The zero-order valence-corrected chi connectivity index (χ0v) is 10.1. The SMILES string of the molecule is CC(C)CN(CC(F)(F)F)C(=O)c1cc(N)n[nH]1. The summed E-state index contributed by atoms with van der Waals surface area (Å²) in [5, 5.41) is 5.83. The zero-order chi connectivity index (χ0) is 13.9. The first-order chi connectivity index (χ1) is 8.19. The van der Waals surface area contributed by atoms with Crippen LogP contribution < -0.4 is 5.73 Å². The van der Waals surface area contributed by atoms with Crippen LogP contribution >= 0.6 is 0 Å². The van der Waals surface area contributed by atoms with Crippen molar-refractivity contribution in [2.75, 3.05) is 18.8 Å². The number of halogens is 3. The molecule has 0 radical (unpaired) electrons. The van der Waals surface area contributed by atoms with Gasteiger partial charge in [-0.05, 0) is 5.92 Å². The molecule has 0 aliphatic heterocycles. The summed E-state index contributed by atoms with van der Waals surface area (Å²) in [5.41, 5.74) is 5.27. The van der Waals surface area contributed by atoms with Crippen LogP contribution in [0.4, 0.5) is 19.0 Å². The quantitative estimate of drug-likeness (QED) is 0.868. The zero-order valence-electron chi connectivity index (χ0n) is 10.1. The average Bonchev–Trinajstić information content (AvgIpc) is 2.59. The molecule has 18 heavy (non-hydrogen) atoms. The Kier molecular flexibility index (Phi) is 4.20. The minimum Gasteiger partial charge on any atom is -0.382 e. The van der Waals surface area contributed by atoms with Crippen LogP contribution in [0.3, 0.4) is 0 Å². The molecule has 1 aromatic heterocycles. The van der Waals surface area contributed by atoms with E-state index in [2.05, 4.69) is 10.2 Å². The fourth-order valence-electron chi connectivity index (χ4n) is 1.49. The lowest BCUT2D eigenvalue weighted by Gasteiger charge is -2.25. The number of aromatic amines is 1. The van der Waals surface area contributed by atoms with Gasteiger partial charge in [0, 0.05) is 12.6 Å². The summed E-state index contributed by atoms with van der Waals surface area (Å²) in [6, 6.07) is 1.21. The molecule has 0 bridgehead atoms. The van der Waals surface area contributed by atoms with Gasteiger partial charge in [0.15, 0.2) is 0 Å². The van der Waals surface area contributed by atoms with Crippen molar-refractivity contribution in [2.24, 2.45) is 5.92 Å². The molecule has 0 fully saturated rings. The van der Waals surface area contributed by atoms with Crippen molar-refractivity contribution in [3.05, 3.63) is 11.8 Å². The van der Waals surface area contributed by atoms with Crippen molar-refractivity contribution < 1.29 is 18.0 Å². The second-order valence-corrected chi connectivity index (χ2v) is 4.40. The van der Waals surface area contributed by atoms with Crippen LogP contribution in [0.1, 0.15) is 24.3 Å². The molecular formula is C10H15F3N4O. The third-order valence-corrected chi connectivity index (χ3v) is 2.07. The third kappa shape index (κ3) is 4.27. The monoisotopic (exact) mass is 264 g/mol. The predicted octanol–water partition coefficient (Wildman–Crippen LogP) is 1.65. The molecule has 1 heterocycles. The van der Waals surface area contributed by atoms with E-state index in [1.54, 1.807) is 13.8 Å². The molecule has 0 atom stereocenters. The van der Waals surface area contributed by atoms with Crippen LogP contribution in [-0.4, -0.2) is 40.3 Å². The minimum atomic E-state index is -4.43. The Labute approximate surface area is 102 Å². The van der Waals surface area contributed by atoms with Gasteiger partial charge in [-0.2, -0.15) is 18.3 Å². The van der Waals surface area contributed by atoms with Crippen molar-refractivity contribution in [3.63, 3.8) is 0 Å². The summed E-state index contributed by atoms with van der Waals surface area (Å²) < 4.78 is 37.2. The number of H-pyrrole nitrogens is 1. The molecule has 0 aliphatic carbocycles. The number of nitrogens with one attached hydrogen (secondary N) is 1. The lowest BCUT2D eigenvalue weighted by Crippen LogP contribution is -2.41. The molecule has 0 spiro atoms. The van der Waals surface area contributed by atoms with Gasteiger partial charge in [-0.15, -0.1) is 0 Å². The number of carbonyl (C=O) groups is 1. The Bertz CT molecular complexity index is 414. The van der Waals surface area contributed by atoms with Crippen molar-refractivity contribution in [1.82, 2.24) is 15.1 Å². The second-order valence-electron chi connectivity index (χ2n) is 4.40. The number of amides is 1. The van der Waals surface area contributed by atoms with Crippen LogP contribution in [0.5, 0.6) is 0 Å². The molecule has 0 saturated carbocycles. The Morgan fingerprint density at radius 2 is 2.17 bits per heavy atom. The van der Waals surface area contributed by atoms with Crippen LogP contribution in [-0.2, 0) is 0 Å². The molecule has 1 aromatic rings. The molecular weight excluding hydrogens is 249 g/mol. The number of carbonyl (C=O) groups excluding carboxylic acids is 1. The van der Waals surface area contributed by atoms with Crippen molar-refractivity contribution in [1.29, 1.82) is 0 Å². The first kappa shape index (κ1) is 14.3. The first-order valence-electron chi connectivity index (χ1n) is 5.36. The fourth-order valence-corrected chi connectivity index (χ4v) is 1.49. The van der Waals surface area contributed by atoms with E-state index in [1.807, 2.05) is 0 Å². The maximum atomic E-state index is 12.4. The molecule has 5 nitrogen and oxygen atoms in total. The number of aromatic nitrogens is 2. The van der Waals surface area contributed by atoms with E-state index in [0.717, 1.165) is 4.90 Å². The summed E-state index contributed by atoms with van der Waals surface area (Å²) in [6.07, 6.45) is -4.43. The van der Waals surface area contributed by atoms with Crippen LogP contribution in [0.25, 0.3) is 0 Å². The van der Waals surface area contributed by atoms with E-state index < -0.39 is 18.6 Å². The fraction of sp³-hybridized carbons (Fsp3) is 0.600. The Balaban J connectivity index is 2.85. The molecule has 1 rings (SSSR count). The van der Waals surface area contributed by atoms with Crippen molar-refractivity contribution in [2.45, 2.75) is 20.0 Å². The number of hydrogen-bond donors (Lipinski definition) is 2. The second kappa shape index (κ2) is 5.28. The maximum Gasteiger partial charge on any atom is 0.406 e. The highest BCUT2D eigenvalue weighted by atomic mass is 19.4. The van der Waals surface area contributed by atoms with E-state index in [0.29, 0.717) is 0 Å². The van der Waals surface area contributed by atoms with Gasteiger partial charge in [0.05, 0.1) is 0 Å². The van der Waals surface area contributed by atoms with Gasteiger partial charge in [-0.3, -0.25) is 9.89 Å². The molecule has 0 unspecified atom stereocenters. The van der Waals surface area contributed by atoms with Gasteiger partial charge in [0.2, 0.25) is 0 Å². The number of rotatable bonds is 4.